The van der Waals surface area contributed by atoms with E-state index in [0.717, 1.165) is 12.0 Å². The monoisotopic (exact) mass is 342 g/mol. The number of nitro groups is 1. The summed E-state index contributed by atoms with van der Waals surface area (Å²) in [7, 11) is 0. The summed E-state index contributed by atoms with van der Waals surface area (Å²) in [5.41, 5.74) is 1.22. The van der Waals surface area contributed by atoms with Crippen molar-refractivity contribution in [2.75, 3.05) is 0 Å². The molecule has 1 aromatic carbocycles. The molecule has 0 aliphatic heterocycles. The Bertz CT molecular complexity index is 493. The number of halogens is 1. The molecule has 0 unspecified atom stereocenters. The third-order valence-corrected chi connectivity index (χ3v) is 3.90. The molecule has 5 heteroatoms. The molecular formula is C15H23BrN2O2. The molecule has 20 heavy (non-hydrogen) atoms. The molecule has 1 N–H and O–H groups in total. The number of hydrogen-bond acceptors (Lipinski definition) is 3. The highest BCUT2D eigenvalue weighted by molar-refractivity contribution is 9.10. The molecule has 0 radical (unpaired) electrons. The lowest BCUT2D eigenvalue weighted by Gasteiger charge is -2.33. The van der Waals surface area contributed by atoms with E-state index in [-0.39, 0.29) is 21.6 Å². The normalized spacial score (nSPS) is 12.5. The molecule has 112 valence electrons. The largest absolute Gasteiger partial charge is 0.308 e. The third-order valence-electron chi connectivity index (χ3n) is 2.98. The lowest BCUT2D eigenvalue weighted by molar-refractivity contribution is -0.385. The second-order valence-electron chi connectivity index (χ2n) is 6.98. The van der Waals surface area contributed by atoms with Gasteiger partial charge in [0.05, 0.1) is 9.40 Å². The first-order valence-electron chi connectivity index (χ1n) is 6.69. The molecule has 0 heterocycles. The van der Waals surface area contributed by atoms with Crippen molar-refractivity contribution in [1.82, 2.24) is 5.32 Å². The van der Waals surface area contributed by atoms with Crippen LogP contribution in [0, 0.1) is 15.5 Å². The molecule has 0 atom stereocenters. The number of nitrogens with zero attached hydrogens (tertiary/aromatic N) is 1. The predicted octanol–water partition coefficient (Wildman–Crippen LogP) is 4.66. The highest BCUT2D eigenvalue weighted by Gasteiger charge is 2.25. The van der Waals surface area contributed by atoms with Crippen molar-refractivity contribution in [3.05, 3.63) is 38.3 Å². The predicted molar refractivity (Wildman–Crippen MR) is 85.8 cm³/mol. The van der Waals surface area contributed by atoms with Crippen LogP contribution in [0.3, 0.4) is 0 Å². The van der Waals surface area contributed by atoms with Crippen LogP contribution in [0.5, 0.6) is 0 Å². The second-order valence-corrected chi connectivity index (χ2v) is 7.78. The molecule has 0 bridgehead atoms. The highest BCUT2D eigenvalue weighted by Crippen LogP contribution is 2.30. The fourth-order valence-corrected chi connectivity index (χ4v) is 3.12. The zero-order valence-corrected chi connectivity index (χ0v) is 14.4. The van der Waals surface area contributed by atoms with E-state index in [2.05, 4.69) is 55.9 Å². The first kappa shape index (κ1) is 17.1. The molecule has 0 amide bonds. The molecule has 0 spiro atoms. The van der Waals surface area contributed by atoms with Gasteiger partial charge in [0.15, 0.2) is 0 Å². The van der Waals surface area contributed by atoms with Gasteiger partial charge in [-0.25, -0.2) is 0 Å². The Morgan fingerprint density at radius 1 is 1.25 bits per heavy atom. The summed E-state index contributed by atoms with van der Waals surface area (Å²) in [6.45, 7) is 11.5. The van der Waals surface area contributed by atoms with Gasteiger partial charge < -0.3 is 5.32 Å². The van der Waals surface area contributed by atoms with E-state index in [1.54, 1.807) is 6.07 Å². The summed E-state index contributed by atoms with van der Waals surface area (Å²) in [5.74, 6) is 0. The van der Waals surface area contributed by atoms with Gasteiger partial charge in [-0.05, 0) is 47.2 Å². The van der Waals surface area contributed by atoms with E-state index in [9.17, 15) is 10.1 Å². The number of rotatable bonds is 5. The van der Waals surface area contributed by atoms with Crippen molar-refractivity contribution in [3.8, 4) is 0 Å². The molecule has 0 aromatic heterocycles. The van der Waals surface area contributed by atoms with Crippen molar-refractivity contribution in [1.29, 1.82) is 0 Å². The molecular weight excluding hydrogens is 320 g/mol. The minimum atomic E-state index is -0.367. The van der Waals surface area contributed by atoms with Crippen molar-refractivity contribution in [2.24, 2.45) is 5.41 Å². The van der Waals surface area contributed by atoms with E-state index in [1.165, 1.54) is 6.07 Å². The summed E-state index contributed by atoms with van der Waals surface area (Å²) >= 11 is 3.33. The number of nitro benzene ring substituents is 1. The van der Waals surface area contributed by atoms with E-state index in [4.69, 9.17) is 0 Å². The van der Waals surface area contributed by atoms with Crippen molar-refractivity contribution >= 4 is 21.6 Å². The summed E-state index contributed by atoms with van der Waals surface area (Å²) in [5, 5.41) is 14.4. The molecule has 0 aliphatic carbocycles. The Labute approximate surface area is 129 Å². The lowest BCUT2D eigenvalue weighted by Crippen LogP contribution is -2.41. The summed E-state index contributed by atoms with van der Waals surface area (Å²) < 4.78 is 0.559. The van der Waals surface area contributed by atoms with Crippen LogP contribution in [0.2, 0.25) is 0 Å². The Hall–Kier alpha value is -0.940. The van der Waals surface area contributed by atoms with Crippen LogP contribution in [-0.2, 0) is 6.54 Å². The van der Waals surface area contributed by atoms with Crippen LogP contribution in [0.15, 0.2) is 22.7 Å². The topological polar surface area (TPSA) is 55.2 Å². The summed E-state index contributed by atoms with van der Waals surface area (Å²) in [4.78, 5) is 10.6. The zero-order valence-electron chi connectivity index (χ0n) is 12.8. The van der Waals surface area contributed by atoms with E-state index in [0.29, 0.717) is 11.0 Å². The molecule has 4 nitrogen and oxygen atoms in total. The minimum Gasteiger partial charge on any atom is -0.308 e. The Balaban J connectivity index is 2.80. The first-order valence-corrected chi connectivity index (χ1v) is 7.48. The van der Waals surface area contributed by atoms with Gasteiger partial charge in [0.2, 0.25) is 0 Å². The molecule has 0 aliphatic rings. The first-order chi connectivity index (χ1) is 9.02. The Morgan fingerprint density at radius 3 is 2.35 bits per heavy atom. The van der Waals surface area contributed by atoms with Crippen LogP contribution < -0.4 is 5.32 Å². The van der Waals surface area contributed by atoms with Crippen molar-refractivity contribution < 1.29 is 4.92 Å². The number of nitrogens with one attached hydrogen (secondary N) is 1. The molecule has 0 saturated carbocycles. The van der Waals surface area contributed by atoms with Crippen molar-refractivity contribution in [2.45, 2.75) is 53.1 Å². The Morgan fingerprint density at radius 2 is 1.85 bits per heavy atom. The average molecular weight is 343 g/mol. The van der Waals surface area contributed by atoms with Gasteiger partial charge in [-0.3, -0.25) is 10.1 Å². The van der Waals surface area contributed by atoms with E-state index in [1.807, 2.05) is 6.07 Å². The Kier molecular flexibility index (Phi) is 5.33. The maximum absolute atomic E-state index is 10.9. The van der Waals surface area contributed by atoms with Gasteiger partial charge in [-0.1, -0.05) is 32.9 Å². The van der Waals surface area contributed by atoms with Gasteiger partial charge in [0.1, 0.15) is 0 Å². The maximum Gasteiger partial charge on any atom is 0.283 e. The van der Waals surface area contributed by atoms with E-state index < -0.39 is 0 Å². The SMILES string of the molecule is CC(C)(C)CC(C)(C)NCc1cccc([N+](=O)[O-])c1Br. The maximum atomic E-state index is 10.9. The molecule has 1 rings (SSSR count). The van der Waals surface area contributed by atoms with Gasteiger partial charge in [-0.15, -0.1) is 0 Å². The smallest absolute Gasteiger partial charge is 0.283 e. The van der Waals surface area contributed by atoms with Gasteiger partial charge in [-0.2, -0.15) is 0 Å². The highest BCUT2D eigenvalue weighted by atomic mass is 79.9. The third kappa shape index (κ3) is 5.21. The van der Waals surface area contributed by atoms with Crippen LogP contribution >= 0.6 is 15.9 Å². The van der Waals surface area contributed by atoms with Crippen molar-refractivity contribution in [3.63, 3.8) is 0 Å². The molecule has 0 fully saturated rings. The van der Waals surface area contributed by atoms with Gasteiger partial charge in [0, 0.05) is 18.2 Å². The molecule has 1 aromatic rings. The summed E-state index contributed by atoms with van der Waals surface area (Å²) in [6.07, 6.45) is 1.02. The zero-order chi connectivity index (χ0) is 15.6. The number of hydrogen-bond donors (Lipinski definition) is 1. The van der Waals surface area contributed by atoms with Gasteiger partial charge >= 0.3 is 0 Å². The quantitative estimate of drug-likeness (QED) is 0.625. The van der Waals surface area contributed by atoms with Crippen LogP contribution in [0.25, 0.3) is 0 Å². The van der Waals surface area contributed by atoms with Crippen LogP contribution in [-0.4, -0.2) is 10.5 Å². The lowest BCUT2D eigenvalue weighted by atomic mass is 9.82. The van der Waals surface area contributed by atoms with Gasteiger partial charge in [0.25, 0.3) is 5.69 Å². The average Bonchev–Trinajstić information content (AvgIpc) is 2.24. The molecule has 0 saturated heterocycles. The second kappa shape index (κ2) is 6.22. The number of benzene rings is 1. The minimum absolute atomic E-state index is 0.0255. The summed E-state index contributed by atoms with van der Waals surface area (Å²) in [6, 6.07) is 5.13. The standard InChI is InChI=1S/C15H23BrN2O2/c1-14(2,3)10-15(4,5)17-9-11-7-6-8-12(13(11)16)18(19)20/h6-8,17H,9-10H2,1-5H3. The van der Waals surface area contributed by atoms with E-state index >= 15 is 0 Å². The fourth-order valence-electron chi connectivity index (χ4n) is 2.57. The van der Waals surface area contributed by atoms with Crippen LogP contribution in [0.1, 0.15) is 46.6 Å². The fraction of sp³-hybridized carbons (Fsp3) is 0.600. The van der Waals surface area contributed by atoms with Crippen LogP contribution in [0.4, 0.5) is 5.69 Å².